The van der Waals surface area contributed by atoms with Gasteiger partial charge >= 0.3 is 0 Å². The van der Waals surface area contributed by atoms with E-state index in [0.29, 0.717) is 4.90 Å². The molecule has 0 aliphatic carbocycles. The summed E-state index contributed by atoms with van der Waals surface area (Å²) in [5.41, 5.74) is 0. The lowest BCUT2D eigenvalue weighted by Gasteiger charge is -2.18. The second-order valence-corrected chi connectivity index (χ2v) is 3.72. The fourth-order valence-electron chi connectivity index (χ4n) is 0.945. The van der Waals surface area contributed by atoms with Gasteiger partial charge in [0.2, 0.25) is 5.24 Å². The lowest BCUT2D eigenvalue weighted by Crippen LogP contribution is -2.42. The first kappa shape index (κ1) is 11.5. The average Bonchev–Trinajstić information content (AvgIpc) is 2.30. The zero-order chi connectivity index (χ0) is 11.0. The SMILES string of the molecule is CC(C(=O)Cl)N1C(=O)C(Cl)=C(Cl)C1=O. The quantitative estimate of drug-likeness (QED) is 0.551. The Hall–Kier alpha value is -0.580. The van der Waals surface area contributed by atoms with Crippen molar-refractivity contribution >= 4 is 51.9 Å². The molecule has 1 aliphatic rings. The first-order chi connectivity index (χ1) is 6.37. The van der Waals surface area contributed by atoms with E-state index in [1.807, 2.05) is 0 Å². The highest BCUT2D eigenvalue weighted by Gasteiger charge is 2.41. The van der Waals surface area contributed by atoms with Crippen LogP contribution in [0.25, 0.3) is 0 Å². The summed E-state index contributed by atoms with van der Waals surface area (Å²) in [6, 6.07) is -1.07. The Labute approximate surface area is 94.4 Å². The number of carbonyl (C=O) groups is 3. The van der Waals surface area contributed by atoms with Crippen LogP contribution in [0.15, 0.2) is 10.1 Å². The van der Waals surface area contributed by atoms with Crippen LogP contribution in [0.1, 0.15) is 6.92 Å². The van der Waals surface area contributed by atoms with Gasteiger partial charge in [0.15, 0.2) is 0 Å². The van der Waals surface area contributed by atoms with Crippen molar-refractivity contribution in [2.24, 2.45) is 0 Å². The minimum Gasteiger partial charge on any atom is -0.279 e. The maximum absolute atomic E-state index is 11.3. The van der Waals surface area contributed by atoms with E-state index in [0.717, 1.165) is 0 Å². The number of amides is 2. The minimum atomic E-state index is -1.07. The molecule has 0 spiro atoms. The van der Waals surface area contributed by atoms with E-state index < -0.39 is 23.1 Å². The Morgan fingerprint density at radius 3 is 1.86 bits per heavy atom. The number of imide groups is 1. The molecule has 2 amide bonds. The average molecular weight is 256 g/mol. The van der Waals surface area contributed by atoms with Crippen molar-refractivity contribution in [3.05, 3.63) is 10.1 Å². The number of nitrogens with zero attached hydrogens (tertiary/aromatic N) is 1. The number of carbonyl (C=O) groups excluding carboxylic acids is 3. The first-order valence-electron chi connectivity index (χ1n) is 3.50. The van der Waals surface area contributed by atoms with Crippen molar-refractivity contribution in [3.63, 3.8) is 0 Å². The van der Waals surface area contributed by atoms with Crippen molar-refractivity contribution < 1.29 is 14.4 Å². The molecule has 0 aromatic carbocycles. The van der Waals surface area contributed by atoms with E-state index in [9.17, 15) is 14.4 Å². The molecule has 14 heavy (non-hydrogen) atoms. The van der Waals surface area contributed by atoms with Crippen LogP contribution in [-0.4, -0.2) is 28.0 Å². The van der Waals surface area contributed by atoms with Crippen LogP contribution in [0.5, 0.6) is 0 Å². The second-order valence-electron chi connectivity index (χ2n) is 2.59. The maximum atomic E-state index is 11.3. The number of rotatable bonds is 2. The zero-order valence-corrected chi connectivity index (χ0v) is 9.15. The van der Waals surface area contributed by atoms with Crippen molar-refractivity contribution in [3.8, 4) is 0 Å². The van der Waals surface area contributed by atoms with Gasteiger partial charge < -0.3 is 0 Å². The Morgan fingerprint density at radius 1 is 1.21 bits per heavy atom. The normalized spacial score (nSPS) is 19.3. The Kier molecular flexibility index (Phi) is 3.19. The van der Waals surface area contributed by atoms with Crippen LogP contribution in [0.2, 0.25) is 0 Å². The molecule has 4 nitrogen and oxygen atoms in total. The molecule has 0 saturated carbocycles. The predicted octanol–water partition coefficient (Wildman–Crippen LogP) is 1.20. The molecule has 1 rings (SSSR count). The third kappa shape index (κ3) is 1.65. The van der Waals surface area contributed by atoms with E-state index in [2.05, 4.69) is 0 Å². The highest BCUT2D eigenvalue weighted by molar-refractivity contribution is 6.65. The van der Waals surface area contributed by atoms with Crippen molar-refractivity contribution in [1.82, 2.24) is 4.90 Å². The van der Waals surface area contributed by atoms with Crippen LogP contribution in [0.4, 0.5) is 0 Å². The van der Waals surface area contributed by atoms with E-state index >= 15 is 0 Å². The Balaban J connectivity index is 3.04. The largest absolute Gasteiger partial charge is 0.279 e. The van der Waals surface area contributed by atoms with E-state index in [1.165, 1.54) is 6.92 Å². The smallest absolute Gasteiger partial charge is 0.274 e. The molecule has 0 bridgehead atoms. The summed E-state index contributed by atoms with van der Waals surface area (Å²) < 4.78 is 0. The summed E-state index contributed by atoms with van der Waals surface area (Å²) in [6.07, 6.45) is 0. The van der Waals surface area contributed by atoms with Crippen LogP contribution in [-0.2, 0) is 14.4 Å². The topological polar surface area (TPSA) is 54.5 Å². The van der Waals surface area contributed by atoms with Crippen LogP contribution >= 0.6 is 34.8 Å². The summed E-state index contributed by atoms with van der Waals surface area (Å²) in [7, 11) is 0. The zero-order valence-electron chi connectivity index (χ0n) is 6.88. The first-order valence-corrected chi connectivity index (χ1v) is 4.63. The van der Waals surface area contributed by atoms with Gasteiger partial charge in [0.25, 0.3) is 11.8 Å². The molecule has 1 aliphatic heterocycles. The maximum Gasteiger partial charge on any atom is 0.274 e. The summed E-state index contributed by atoms with van der Waals surface area (Å²) in [5, 5.41) is -1.61. The third-order valence-electron chi connectivity index (χ3n) is 1.72. The van der Waals surface area contributed by atoms with Gasteiger partial charge in [0.05, 0.1) is 0 Å². The van der Waals surface area contributed by atoms with Gasteiger partial charge in [0.1, 0.15) is 16.1 Å². The molecule has 7 heteroatoms. The standard InChI is InChI=1S/C7H4Cl3NO3/c1-2(5(10)12)11-6(13)3(8)4(9)7(11)14/h2H,1H3. The van der Waals surface area contributed by atoms with Gasteiger partial charge in [-0.05, 0) is 18.5 Å². The molecule has 1 heterocycles. The van der Waals surface area contributed by atoms with Crippen molar-refractivity contribution in [2.45, 2.75) is 13.0 Å². The number of hydrogen-bond acceptors (Lipinski definition) is 3. The van der Waals surface area contributed by atoms with Crippen LogP contribution < -0.4 is 0 Å². The van der Waals surface area contributed by atoms with Gasteiger partial charge in [0, 0.05) is 0 Å². The monoisotopic (exact) mass is 255 g/mol. The predicted molar refractivity (Wildman–Crippen MR) is 50.9 cm³/mol. The second kappa shape index (κ2) is 3.88. The van der Waals surface area contributed by atoms with E-state index in [-0.39, 0.29) is 10.1 Å². The molecule has 1 unspecified atom stereocenters. The molecule has 0 aromatic heterocycles. The number of halogens is 3. The summed E-state index contributed by atoms with van der Waals surface area (Å²) in [6.45, 7) is 1.31. The fraction of sp³-hybridized carbons (Fsp3) is 0.286. The summed E-state index contributed by atoms with van der Waals surface area (Å²) in [5.74, 6) is -1.61. The van der Waals surface area contributed by atoms with Gasteiger partial charge in [-0.2, -0.15) is 0 Å². The third-order valence-corrected chi connectivity index (χ3v) is 2.84. The molecule has 0 radical (unpaired) electrons. The van der Waals surface area contributed by atoms with Crippen LogP contribution in [0, 0.1) is 0 Å². The summed E-state index contributed by atoms with van der Waals surface area (Å²) in [4.78, 5) is 34.0. The molecule has 1 atom stereocenters. The highest BCUT2D eigenvalue weighted by Crippen LogP contribution is 2.28. The van der Waals surface area contributed by atoms with Gasteiger partial charge in [-0.25, -0.2) is 0 Å². The molecular formula is C7H4Cl3NO3. The molecule has 0 N–H and O–H groups in total. The molecule has 76 valence electrons. The number of hydrogen-bond donors (Lipinski definition) is 0. The van der Waals surface area contributed by atoms with Crippen molar-refractivity contribution in [1.29, 1.82) is 0 Å². The molecule has 0 saturated heterocycles. The molecule has 0 fully saturated rings. The lowest BCUT2D eigenvalue weighted by molar-refractivity contribution is -0.142. The van der Waals surface area contributed by atoms with Gasteiger partial charge in [-0.1, -0.05) is 23.2 Å². The van der Waals surface area contributed by atoms with Crippen LogP contribution in [0.3, 0.4) is 0 Å². The van der Waals surface area contributed by atoms with E-state index in [4.69, 9.17) is 34.8 Å². The van der Waals surface area contributed by atoms with Gasteiger partial charge in [-0.15, -0.1) is 0 Å². The summed E-state index contributed by atoms with van der Waals surface area (Å²) >= 11 is 16.0. The van der Waals surface area contributed by atoms with Gasteiger partial charge in [-0.3, -0.25) is 19.3 Å². The minimum absolute atomic E-state index is 0.388. The van der Waals surface area contributed by atoms with E-state index in [1.54, 1.807) is 0 Å². The molecular weight excluding hydrogens is 252 g/mol. The Morgan fingerprint density at radius 2 is 1.57 bits per heavy atom. The Bertz CT molecular complexity index is 339. The highest BCUT2D eigenvalue weighted by atomic mass is 35.5. The van der Waals surface area contributed by atoms with Crippen molar-refractivity contribution in [2.75, 3.05) is 0 Å². The fourth-order valence-corrected chi connectivity index (χ4v) is 1.39. The lowest BCUT2D eigenvalue weighted by atomic mass is 10.3. The molecule has 0 aromatic rings.